The Bertz CT molecular complexity index is 650. The highest BCUT2D eigenvalue weighted by molar-refractivity contribution is 6.33. The van der Waals surface area contributed by atoms with Crippen molar-refractivity contribution in [2.75, 3.05) is 13.6 Å². The molecule has 0 aliphatic heterocycles. The average molecular weight is 311 g/mol. The highest BCUT2D eigenvalue weighted by Crippen LogP contribution is 2.21. The van der Waals surface area contributed by atoms with Gasteiger partial charge >= 0.3 is 0 Å². The van der Waals surface area contributed by atoms with Gasteiger partial charge in [-0.25, -0.2) is 8.78 Å². The molecule has 110 valence electrons. The number of amides is 1. The zero-order valence-corrected chi connectivity index (χ0v) is 12.1. The van der Waals surface area contributed by atoms with E-state index in [1.165, 1.54) is 4.90 Å². The van der Waals surface area contributed by atoms with Crippen molar-refractivity contribution in [3.8, 4) is 0 Å². The van der Waals surface area contributed by atoms with E-state index in [2.05, 4.69) is 4.98 Å². The van der Waals surface area contributed by atoms with Crippen molar-refractivity contribution in [2.45, 2.75) is 6.42 Å². The summed E-state index contributed by atoms with van der Waals surface area (Å²) >= 11 is 5.79. The van der Waals surface area contributed by atoms with Gasteiger partial charge < -0.3 is 4.90 Å². The Balaban J connectivity index is 2.07. The first-order valence-corrected chi connectivity index (χ1v) is 6.66. The second-order valence-corrected chi connectivity index (χ2v) is 4.95. The first kappa shape index (κ1) is 15.4. The Morgan fingerprint density at radius 3 is 2.67 bits per heavy atom. The number of carbonyl (C=O) groups is 1. The molecule has 0 atom stereocenters. The monoisotopic (exact) mass is 310 g/mol. The van der Waals surface area contributed by atoms with E-state index >= 15 is 0 Å². The predicted octanol–water partition coefficient (Wildman–Crippen LogP) is 3.33. The van der Waals surface area contributed by atoms with Gasteiger partial charge in [0, 0.05) is 31.9 Å². The standard InChI is InChI=1S/C15H13ClF2N2O/c1-20(7-5-10-4-2-3-6-19-10)15(21)11-8-13(17)14(18)9-12(11)16/h2-4,6,8-9H,5,7H2,1H3. The lowest BCUT2D eigenvalue weighted by Crippen LogP contribution is -2.29. The summed E-state index contributed by atoms with van der Waals surface area (Å²) in [4.78, 5) is 17.7. The van der Waals surface area contributed by atoms with E-state index in [0.29, 0.717) is 13.0 Å². The third-order valence-electron chi connectivity index (χ3n) is 3.02. The van der Waals surface area contributed by atoms with Gasteiger partial charge in [-0.15, -0.1) is 0 Å². The highest BCUT2D eigenvalue weighted by atomic mass is 35.5. The van der Waals surface area contributed by atoms with Crippen LogP contribution in [0.15, 0.2) is 36.5 Å². The first-order chi connectivity index (χ1) is 9.99. The molecule has 1 aromatic heterocycles. The normalized spacial score (nSPS) is 10.5. The number of hydrogen-bond donors (Lipinski definition) is 0. The van der Waals surface area contributed by atoms with Crippen LogP contribution in [0.3, 0.4) is 0 Å². The van der Waals surface area contributed by atoms with Crippen LogP contribution in [0.25, 0.3) is 0 Å². The fourth-order valence-electron chi connectivity index (χ4n) is 1.82. The molecule has 6 heteroatoms. The largest absolute Gasteiger partial charge is 0.341 e. The fourth-order valence-corrected chi connectivity index (χ4v) is 2.05. The van der Waals surface area contributed by atoms with E-state index in [9.17, 15) is 13.6 Å². The quantitative estimate of drug-likeness (QED) is 0.812. The van der Waals surface area contributed by atoms with Crippen LogP contribution in [0, 0.1) is 11.6 Å². The molecule has 0 spiro atoms. The van der Waals surface area contributed by atoms with Gasteiger partial charge in [0.25, 0.3) is 5.91 Å². The molecule has 1 heterocycles. The highest BCUT2D eigenvalue weighted by Gasteiger charge is 2.18. The van der Waals surface area contributed by atoms with Crippen LogP contribution < -0.4 is 0 Å². The summed E-state index contributed by atoms with van der Waals surface area (Å²) < 4.78 is 26.2. The summed E-state index contributed by atoms with van der Waals surface area (Å²) in [6.07, 6.45) is 2.23. The van der Waals surface area contributed by atoms with E-state index in [0.717, 1.165) is 17.8 Å². The fraction of sp³-hybridized carbons (Fsp3) is 0.200. The van der Waals surface area contributed by atoms with Crippen molar-refractivity contribution in [3.63, 3.8) is 0 Å². The number of likely N-dealkylation sites (N-methyl/N-ethyl adjacent to an activating group) is 1. The topological polar surface area (TPSA) is 33.2 Å². The van der Waals surface area contributed by atoms with Crippen molar-refractivity contribution < 1.29 is 13.6 Å². The van der Waals surface area contributed by atoms with E-state index in [1.54, 1.807) is 19.3 Å². The lowest BCUT2D eigenvalue weighted by Gasteiger charge is -2.17. The van der Waals surface area contributed by atoms with Crippen LogP contribution in [-0.2, 0) is 6.42 Å². The Morgan fingerprint density at radius 2 is 2.00 bits per heavy atom. The molecule has 2 aromatic rings. The van der Waals surface area contributed by atoms with Gasteiger partial charge in [-0.1, -0.05) is 17.7 Å². The van der Waals surface area contributed by atoms with Crippen LogP contribution in [0.4, 0.5) is 8.78 Å². The molecule has 0 radical (unpaired) electrons. The summed E-state index contributed by atoms with van der Waals surface area (Å²) in [6.45, 7) is 0.394. The molecular formula is C15H13ClF2N2O. The SMILES string of the molecule is CN(CCc1ccccn1)C(=O)c1cc(F)c(F)cc1Cl. The summed E-state index contributed by atoms with van der Waals surface area (Å²) in [5, 5.41) is -0.108. The molecule has 0 bridgehead atoms. The number of carbonyl (C=O) groups excluding carboxylic acids is 1. The minimum absolute atomic E-state index is 0.0564. The Labute approximate surface area is 126 Å². The van der Waals surface area contributed by atoms with Gasteiger partial charge in [0.05, 0.1) is 10.6 Å². The molecule has 0 N–H and O–H groups in total. The minimum Gasteiger partial charge on any atom is -0.341 e. The predicted molar refractivity (Wildman–Crippen MR) is 76.3 cm³/mol. The molecule has 0 aliphatic rings. The molecular weight excluding hydrogens is 298 g/mol. The molecule has 2 rings (SSSR count). The number of benzene rings is 1. The molecule has 0 saturated heterocycles. The van der Waals surface area contributed by atoms with Gasteiger partial charge in [0.2, 0.25) is 0 Å². The third kappa shape index (κ3) is 3.76. The summed E-state index contributed by atoms with van der Waals surface area (Å²) in [5.41, 5.74) is 0.785. The number of pyridine rings is 1. The molecule has 1 aromatic carbocycles. The summed E-state index contributed by atoms with van der Waals surface area (Å²) in [6, 6.07) is 7.13. The van der Waals surface area contributed by atoms with Crippen molar-refractivity contribution in [3.05, 3.63) is 64.4 Å². The second kappa shape index (κ2) is 6.63. The third-order valence-corrected chi connectivity index (χ3v) is 3.33. The molecule has 0 saturated carbocycles. The smallest absolute Gasteiger partial charge is 0.255 e. The second-order valence-electron chi connectivity index (χ2n) is 4.54. The minimum atomic E-state index is -1.10. The number of rotatable bonds is 4. The lowest BCUT2D eigenvalue weighted by atomic mass is 10.1. The molecule has 0 aliphatic carbocycles. The van der Waals surface area contributed by atoms with E-state index < -0.39 is 17.5 Å². The lowest BCUT2D eigenvalue weighted by molar-refractivity contribution is 0.0796. The zero-order valence-electron chi connectivity index (χ0n) is 11.3. The number of aromatic nitrogens is 1. The molecule has 0 unspecified atom stereocenters. The van der Waals surface area contributed by atoms with Crippen molar-refractivity contribution in [1.82, 2.24) is 9.88 Å². The summed E-state index contributed by atoms with van der Waals surface area (Å²) in [7, 11) is 1.57. The maximum Gasteiger partial charge on any atom is 0.255 e. The van der Waals surface area contributed by atoms with Gasteiger partial charge in [-0.3, -0.25) is 9.78 Å². The van der Waals surface area contributed by atoms with E-state index in [4.69, 9.17) is 11.6 Å². The van der Waals surface area contributed by atoms with E-state index in [1.807, 2.05) is 12.1 Å². The molecule has 0 fully saturated rings. The van der Waals surface area contributed by atoms with Crippen LogP contribution in [0.1, 0.15) is 16.1 Å². The Kier molecular flexibility index (Phi) is 4.85. The van der Waals surface area contributed by atoms with Crippen LogP contribution >= 0.6 is 11.6 Å². The van der Waals surface area contributed by atoms with Crippen molar-refractivity contribution >= 4 is 17.5 Å². The van der Waals surface area contributed by atoms with Gasteiger partial charge in [0.15, 0.2) is 11.6 Å². The maximum atomic E-state index is 13.2. The van der Waals surface area contributed by atoms with E-state index in [-0.39, 0.29) is 10.6 Å². The Morgan fingerprint density at radius 1 is 1.29 bits per heavy atom. The van der Waals surface area contributed by atoms with Crippen molar-refractivity contribution in [1.29, 1.82) is 0 Å². The van der Waals surface area contributed by atoms with Crippen molar-refractivity contribution in [2.24, 2.45) is 0 Å². The van der Waals surface area contributed by atoms with Crippen LogP contribution in [0.2, 0.25) is 5.02 Å². The number of hydrogen-bond acceptors (Lipinski definition) is 2. The van der Waals surface area contributed by atoms with Crippen LogP contribution in [0.5, 0.6) is 0 Å². The van der Waals surface area contributed by atoms with Gasteiger partial charge in [-0.05, 0) is 24.3 Å². The summed E-state index contributed by atoms with van der Waals surface area (Å²) in [5.74, 6) is -2.64. The first-order valence-electron chi connectivity index (χ1n) is 6.29. The number of halogens is 3. The maximum absolute atomic E-state index is 13.2. The molecule has 1 amide bonds. The molecule has 3 nitrogen and oxygen atoms in total. The average Bonchev–Trinajstić information content (AvgIpc) is 2.49. The zero-order chi connectivity index (χ0) is 15.4. The van der Waals surface area contributed by atoms with Gasteiger partial charge in [-0.2, -0.15) is 0 Å². The number of nitrogens with zero attached hydrogens (tertiary/aromatic N) is 2. The Hall–Kier alpha value is -2.01. The molecule has 21 heavy (non-hydrogen) atoms. The van der Waals surface area contributed by atoms with Gasteiger partial charge in [0.1, 0.15) is 0 Å². The van der Waals surface area contributed by atoms with Crippen LogP contribution in [-0.4, -0.2) is 29.4 Å².